The van der Waals surface area contributed by atoms with Gasteiger partial charge in [0.15, 0.2) is 0 Å². The Morgan fingerprint density at radius 3 is 2.37 bits per heavy atom. The normalized spacial score (nSPS) is 12.8. The van der Waals surface area contributed by atoms with Gasteiger partial charge in [-0.25, -0.2) is 9.37 Å². The van der Waals surface area contributed by atoms with Crippen molar-refractivity contribution in [2.75, 3.05) is 0 Å². The van der Waals surface area contributed by atoms with E-state index in [2.05, 4.69) is 10.3 Å². The lowest BCUT2D eigenvalue weighted by atomic mass is 10.1. The predicted octanol–water partition coefficient (Wildman–Crippen LogP) is 3.16. The van der Waals surface area contributed by atoms with Crippen LogP contribution in [0.25, 0.3) is 11.4 Å². The van der Waals surface area contributed by atoms with Crippen LogP contribution in [0.1, 0.15) is 47.9 Å². The topological polar surface area (TPSA) is 125 Å². The number of aliphatic carboxylic acids is 1. The standard InChI is InChI=1S/C26H30FN3O5/c1-2-22-24(26(35)28-16-17-6-4-3-5-7-17)29-25(18-8-10-19(27)11-9-18)30(22)13-12-20(31)14-21(32)15-23(33)34/h3-11,20-21,31-32H,2,12-16H2,1H3,(H,28,35)(H,33,34)/t20-,21-/m1/s1. The van der Waals surface area contributed by atoms with E-state index >= 15 is 0 Å². The molecule has 0 bridgehead atoms. The molecule has 2 atom stereocenters. The van der Waals surface area contributed by atoms with Crippen molar-refractivity contribution in [3.05, 3.63) is 77.4 Å². The second kappa shape index (κ2) is 12.2. The molecule has 1 amide bonds. The zero-order valence-electron chi connectivity index (χ0n) is 19.5. The van der Waals surface area contributed by atoms with Crippen molar-refractivity contribution in [2.24, 2.45) is 0 Å². The molecule has 0 saturated heterocycles. The smallest absolute Gasteiger partial charge is 0.305 e. The molecular formula is C26H30FN3O5. The Balaban J connectivity index is 1.85. The van der Waals surface area contributed by atoms with Crippen molar-refractivity contribution >= 4 is 11.9 Å². The van der Waals surface area contributed by atoms with Gasteiger partial charge in [-0.2, -0.15) is 0 Å². The van der Waals surface area contributed by atoms with E-state index in [9.17, 15) is 24.2 Å². The molecule has 3 aromatic rings. The number of carboxylic acids is 1. The Kier molecular flexibility index (Phi) is 9.11. The van der Waals surface area contributed by atoms with Crippen LogP contribution in [0.5, 0.6) is 0 Å². The van der Waals surface area contributed by atoms with Gasteiger partial charge in [0, 0.05) is 18.7 Å². The average molecular weight is 484 g/mol. The molecule has 0 spiro atoms. The highest BCUT2D eigenvalue weighted by Crippen LogP contribution is 2.25. The van der Waals surface area contributed by atoms with E-state index in [1.165, 1.54) is 12.1 Å². The monoisotopic (exact) mass is 483 g/mol. The van der Waals surface area contributed by atoms with Crippen molar-refractivity contribution in [2.45, 2.75) is 57.9 Å². The van der Waals surface area contributed by atoms with Crippen LogP contribution in [-0.2, 0) is 24.3 Å². The van der Waals surface area contributed by atoms with Crippen LogP contribution in [0.2, 0.25) is 0 Å². The number of imidazole rings is 1. The van der Waals surface area contributed by atoms with Gasteiger partial charge in [-0.15, -0.1) is 0 Å². The summed E-state index contributed by atoms with van der Waals surface area (Å²) in [5.41, 5.74) is 2.47. The summed E-state index contributed by atoms with van der Waals surface area (Å²) < 4.78 is 15.3. The summed E-state index contributed by atoms with van der Waals surface area (Å²) in [5, 5.41) is 31.9. The number of aromatic nitrogens is 2. The van der Waals surface area contributed by atoms with E-state index < -0.39 is 30.4 Å². The van der Waals surface area contributed by atoms with E-state index in [4.69, 9.17) is 5.11 Å². The third kappa shape index (κ3) is 7.21. The fourth-order valence-corrected chi connectivity index (χ4v) is 3.94. The minimum atomic E-state index is -1.16. The Hall–Kier alpha value is -3.56. The van der Waals surface area contributed by atoms with Crippen molar-refractivity contribution in [1.29, 1.82) is 0 Å². The number of nitrogens with zero attached hydrogens (tertiary/aromatic N) is 2. The third-order valence-electron chi connectivity index (χ3n) is 5.66. The Morgan fingerprint density at radius 1 is 1.06 bits per heavy atom. The zero-order valence-corrected chi connectivity index (χ0v) is 19.5. The highest BCUT2D eigenvalue weighted by Gasteiger charge is 2.23. The number of carbonyl (C=O) groups is 2. The number of benzene rings is 2. The van der Waals surface area contributed by atoms with Crippen molar-refractivity contribution in [3.8, 4) is 11.4 Å². The lowest BCUT2D eigenvalue weighted by molar-refractivity contribution is -0.139. The molecule has 0 saturated carbocycles. The number of aliphatic hydroxyl groups is 2. The lowest BCUT2D eigenvalue weighted by Crippen LogP contribution is -2.25. The van der Waals surface area contributed by atoms with E-state index in [1.54, 1.807) is 12.1 Å². The first-order chi connectivity index (χ1) is 16.8. The largest absolute Gasteiger partial charge is 0.481 e. The van der Waals surface area contributed by atoms with Crippen LogP contribution in [0.3, 0.4) is 0 Å². The quantitative estimate of drug-likeness (QED) is 0.314. The lowest BCUT2D eigenvalue weighted by Gasteiger charge is -2.17. The first-order valence-electron chi connectivity index (χ1n) is 11.5. The molecular weight excluding hydrogens is 453 g/mol. The molecule has 9 heteroatoms. The third-order valence-corrected chi connectivity index (χ3v) is 5.66. The van der Waals surface area contributed by atoms with Crippen LogP contribution < -0.4 is 5.32 Å². The molecule has 0 fully saturated rings. The molecule has 0 unspecified atom stereocenters. The maximum Gasteiger partial charge on any atom is 0.305 e. The van der Waals surface area contributed by atoms with E-state index in [0.717, 1.165) is 5.56 Å². The highest BCUT2D eigenvalue weighted by molar-refractivity contribution is 5.94. The number of carboxylic acid groups (broad SMARTS) is 1. The van der Waals surface area contributed by atoms with Gasteiger partial charge in [-0.1, -0.05) is 37.3 Å². The van der Waals surface area contributed by atoms with Gasteiger partial charge >= 0.3 is 5.97 Å². The Labute approximate surface area is 203 Å². The number of amides is 1. The van der Waals surface area contributed by atoms with Crippen molar-refractivity contribution < 1.29 is 29.3 Å². The summed E-state index contributed by atoms with van der Waals surface area (Å²) in [5.74, 6) is -1.42. The molecule has 1 aromatic heterocycles. The number of nitrogens with one attached hydrogen (secondary N) is 1. The van der Waals surface area contributed by atoms with Gasteiger partial charge in [0.1, 0.15) is 17.3 Å². The Morgan fingerprint density at radius 2 is 1.74 bits per heavy atom. The fourth-order valence-electron chi connectivity index (χ4n) is 3.94. The summed E-state index contributed by atoms with van der Waals surface area (Å²) in [7, 11) is 0. The van der Waals surface area contributed by atoms with E-state index in [0.29, 0.717) is 30.0 Å². The molecule has 2 aromatic carbocycles. The van der Waals surface area contributed by atoms with Crippen LogP contribution in [0.15, 0.2) is 54.6 Å². The fraction of sp³-hybridized carbons (Fsp3) is 0.346. The molecule has 0 aliphatic carbocycles. The second-order valence-electron chi connectivity index (χ2n) is 8.34. The zero-order chi connectivity index (χ0) is 25.4. The number of carbonyl (C=O) groups excluding carboxylic acids is 1. The first kappa shape index (κ1) is 26.1. The molecule has 0 aliphatic rings. The van der Waals surface area contributed by atoms with Gasteiger partial charge in [0.05, 0.1) is 24.3 Å². The second-order valence-corrected chi connectivity index (χ2v) is 8.34. The van der Waals surface area contributed by atoms with E-state index in [-0.39, 0.29) is 31.0 Å². The maximum absolute atomic E-state index is 13.5. The summed E-state index contributed by atoms with van der Waals surface area (Å²) in [6.07, 6.45) is -1.95. The number of halogens is 1. The van der Waals surface area contributed by atoms with Gasteiger partial charge in [-0.3, -0.25) is 9.59 Å². The van der Waals surface area contributed by atoms with E-state index in [1.807, 2.05) is 41.8 Å². The number of hydrogen-bond acceptors (Lipinski definition) is 5. The predicted molar refractivity (Wildman–Crippen MR) is 128 cm³/mol. The summed E-state index contributed by atoms with van der Waals surface area (Å²) in [6.45, 7) is 2.50. The van der Waals surface area contributed by atoms with Crippen LogP contribution in [-0.4, -0.2) is 49.0 Å². The molecule has 186 valence electrons. The van der Waals surface area contributed by atoms with Gasteiger partial charge < -0.3 is 25.2 Å². The minimum absolute atomic E-state index is 0.0846. The molecule has 0 radical (unpaired) electrons. The molecule has 0 aliphatic heterocycles. The molecule has 1 heterocycles. The van der Waals surface area contributed by atoms with Gasteiger partial charge in [-0.05, 0) is 49.1 Å². The van der Waals surface area contributed by atoms with Gasteiger partial charge in [0.2, 0.25) is 0 Å². The molecule has 3 rings (SSSR count). The van der Waals surface area contributed by atoms with Crippen LogP contribution in [0, 0.1) is 5.82 Å². The molecule has 4 N–H and O–H groups in total. The summed E-state index contributed by atoms with van der Waals surface area (Å²) >= 11 is 0. The van der Waals surface area contributed by atoms with Crippen LogP contribution >= 0.6 is 0 Å². The van der Waals surface area contributed by atoms with Gasteiger partial charge in [0.25, 0.3) is 5.91 Å². The molecule has 35 heavy (non-hydrogen) atoms. The first-order valence-corrected chi connectivity index (χ1v) is 11.5. The van der Waals surface area contributed by atoms with Crippen molar-refractivity contribution in [1.82, 2.24) is 14.9 Å². The Bertz CT molecular complexity index is 1130. The summed E-state index contributed by atoms with van der Waals surface area (Å²) in [6, 6.07) is 15.3. The highest BCUT2D eigenvalue weighted by atomic mass is 19.1. The summed E-state index contributed by atoms with van der Waals surface area (Å²) in [4.78, 5) is 28.4. The SMILES string of the molecule is CCc1c(C(=O)NCc2ccccc2)nc(-c2ccc(F)cc2)n1CC[C@@H](O)C[C@@H](O)CC(=O)O. The van der Waals surface area contributed by atoms with Crippen molar-refractivity contribution in [3.63, 3.8) is 0 Å². The number of hydrogen-bond donors (Lipinski definition) is 4. The minimum Gasteiger partial charge on any atom is -0.481 e. The average Bonchev–Trinajstić information content (AvgIpc) is 3.20. The number of rotatable bonds is 12. The number of aliphatic hydroxyl groups excluding tert-OH is 2. The maximum atomic E-state index is 13.5. The molecule has 8 nitrogen and oxygen atoms in total. The van der Waals surface area contributed by atoms with Crippen LogP contribution in [0.4, 0.5) is 4.39 Å².